The molecule has 2 amide bonds. The van der Waals surface area contributed by atoms with E-state index in [1.165, 1.54) is 0 Å². The van der Waals surface area contributed by atoms with E-state index >= 15 is 0 Å². The van der Waals surface area contributed by atoms with Crippen LogP contribution in [0.3, 0.4) is 0 Å². The van der Waals surface area contributed by atoms with E-state index in [0.717, 1.165) is 29.8 Å². The summed E-state index contributed by atoms with van der Waals surface area (Å²) in [5.74, 6) is 0.817. The molecule has 3 rings (SSSR count). The number of ether oxygens (including phenoxy) is 1. The van der Waals surface area contributed by atoms with Crippen molar-refractivity contribution in [1.29, 1.82) is 0 Å². The molecule has 1 saturated heterocycles. The number of carbonyl (C=O) groups excluding carboxylic acids is 2. The summed E-state index contributed by atoms with van der Waals surface area (Å²) < 4.78 is 5.37. The van der Waals surface area contributed by atoms with Gasteiger partial charge in [-0.2, -0.15) is 0 Å². The lowest BCUT2D eigenvalue weighted by atomic mass is 10.1. The third-order valence-electron chi connectivity index (χ3n) is 4.65. The van der Waals surface area contributed by atoms with Crippen LogP contribution in [0.1, 0.15) is 15.9 Å². The van der Waals surface area contributed by atoms with Crippen molar-refractivity contribution in [3.63, 3.8) is 0 Å². The second-order valence-electron chi connectivity index (χ2n) is 6.38. The Morgan fingerprint density at radius 2 is 2.00 bits per heavy atom. The summed E-state index contributed by atoms with van der Waals surface area (Å²) in [4.78, 5) is 31.1. The van der Waals surface area contributed by atoms with Gasteiger partial charge in [-0.15, -0.1) is 0 Å². The number of nitrogens with one attached hydrogen (secondary N) is 1. The molecule has 1 aliphatic heterocycles. The minimum atomic E-state index is -0.0542. The zero-order valence-corrected chi connectivity index (χ0v) is 15.4. The summed E-state index contributed by atoms with van der Waals surface area (Å²) in [6.45, 7) is 2.93. The van der Waals surface area contributed by atoms with E-state index in [2.05, 4.69) is 10.3 Å². The highest BCUT2D eigenvalue weighted by Crippen LogP contribution is 2.18. The number of pyridine rings is 1. The van der Waals surface area contributed by atoms with Gasteiger partial charge in [-0.3, -0.25) is 14.6 Å². The van der Waals surface area contributed by atoms with Crippen LogP contribution < -0.4 is 10.1 Å². The first-order valence-electron chi connectivity index (χ1n) is 9.00. The highest BCUT2D eigenvalue weighted by atomic mass is 16.5. The summed E-state index contributed by atoms with van der Waals surface area (Å²) >= 11 is 0. The number of nitrogens with zero attached hydrogens (tertiary/aromatic N) is 3. The van der Waals surface area contributed by atoms with E-state index in [4.69, 9.17) is 4.74 Å². The molecule has 0 bridgehead atoms. The molecule has 7 heteroatoms. The minimum Gasteiger partial charge on any atom is -0.496 e. The topological polar surface area (TPSA) is 74.8 Å². The van der Waals surface area contributed by atoms with E-state index in [-0.39, 0.29) is 5.91 Å². The fourth-order valence-corrected chi connectivity index (χ4v) is 3.12. The smallest absolute Gasteiger partial charge is 0.255 e. The lowest BCUT2D eigenvalue weighted by Crippen LogP contribution is -2.48. The first-order valence-corrected chi connectivity index (χ1v) is 9.00. The maximum Gasteiger partial charge on any atom is 0.255 e. The number of amides is 2. The van der Waals surface area contributed by atoms with Gasteiger partial charge in [0.1, 0.15) is 5.75 Å². The largest absolute Gasteiger partial charge is 0.496 e. The Kier molecular flexibility index (Phi) is 6.25. The van der Waals surface area contributed by atoms with Gasteiger partial charge in [0.2, 0.25) is 6.41 Å². The van der Waals surface area contributed by atoms with Gasteiger partial charge in [0.15, 0.2) is 0 Å². The van der Waals surface area contributed by atoms with Crippen LogP contribution in [-0.2, 0) is 11.2 Å². The molecule has 1 aromatic carbocycles. The lowest BCUT2D eigenvalue weighted by Gasteiger charge is -2.32. The molecule has 2 aromatic rings. The molecule has 1 aromatic heterocycles. The molecule has 1 N–H and O–H groups in total. The number of piperazine rings is 1. The highest BCUT2D eigenvalue weighted by Gasteiger charge is 2.21. The van der Waals surface area contributed by atoms with Gasteiger partial charge in [0, 0.05) is 45.1 Å². The molecule has 0 spiro atoms. The molecule has 2 heterocycles. The van der Waals surface area contributed by atoms with Gasteiger partial charge in [0.25, 0.3) is 5.91 Å². The van der Waals surface area contributed by atoms with E-state index in [1.807, 2.05) is 30.3 Å². The Balaban J connectivity index is 1.57. The minimum absolute atomic E-state index is 0.0542. The van der Waals surface area contributed by atoms with Crippen LogP contribution in [0.5, 0.6) is 5.75 Å². The maximum absolute atomic E-state index is 12.7. The van der Waals surface area contributed by atoms with Gasteiger partial charge in [-0.1, -0.05) is 18.2 Å². The molecule has 1 fully saturated rings. The summed E-state index contributed by atoms with van der Waals surface area (Å²) in [6.07, 6.45) is 4.93. The van der Waals surface area contributed by atoms with Gasteiger partial charge in [0.05, 0.1) is 18.4 Å². The lowest BCUT2D eigenvalue weighted by molar-refractivity contribution is -0.119. The fraction of sp³-hybridized carbons (Fsp3) is 0.350. The number of hydrogen-bond donors (Lipinski definition) is 1. The van der Waals surface area contributed by atoms with Crippen molar-refractivity contribution < 1.29 is 14.3 Å². The van der Waals surface area contributed by atoms with E-state index in [1.54, 1.807) is 29.3 Å². The number of benzene rings is 1. The summed E-state index contributed by atoms with van der Waals surface area (Å²) in [5.41, 5.74) is 2.49. The summed E-state index contributed by atoms with van der Waals surface area (Å²) in [5, 5.41) is 3.32. The van der Waals surface area contributed by atoms with Crippen LogP contribution in [0.25, 0.3) is 0 Å². The Hall–Kier alpha value is -3.09. The van der Waals surface area contributed by atoms with Gasteiger partial charge >= 0.3 is 0 Å². The predicted octanol–water partition coefficient (Wildman–Crippen LogP) is 1.66. The van der Waals surface area contributed by atoms with Crippen LogP contribution in [0.4, 0.5) is 5.69 Å². The van der Waals surface area contributed by atoms with Gasteiger partial charge < -0.3 is 19.9 Å². The van der Waals surface area contributed by atoms with Crippen LogP contribution in [0, 0.1) is 0 Å². The van der Waals surface area contributed by atoms with Crippen molar-refractivity contribution in [2.75, 3.05) is 45.2 Å². The van der Waals surface area contributed by atoms with Gasteiger partial charge in [-0.25, -0.2) is 0 Å². The molecular weight excluding hydrogens is 344 g/mol. The molecule has 7 nitrogen and oxygen atoms in total. The number of para-hydroxylation sites is 1. The molecule has 1 aliphatic rings. The fourth-order valence-electron chi connectivity index (χ4n) is 3.12. The Labute approximate surface area is 158 Å². The molecular formula is C20H24N4O3. The van der Waals surface area contributed by atoms with Crippen molar-refractivity contribution in [1.82, 2.24) is 14.8 Å². The van der Waals surface area contributed by atoms with Crippen LogP contribution in [0.2, 0.25) is 0 Å². The van der Waals surface area contributed by atoms with E-state index < -0.39 is 0 Å². The zero-order valence-electron chi connectivity index (χ0n) is 15.4. The number of anilines is 1. The third kappa shape index (κ3) is 4.75. The van der Waals surface area contributed by atoms with Crippen molar-refractivity contribution in [2.24, 2.45) is 0 Å². The number of hydrogen-bond acceptors (Lipinski definition) is 5. The first kappa shape index (κ1) is 18.7. The quantitative estimate of drug-likeness (QED) is 0.753. The van der Waals surface area contributed by atoms with Crippen molar-refractivity contribution in [3.8, 4) is 5.75 Å². The Morgan fingerprint density at radius 1 is 1.22 bits per heavy atom. The first-order chi connectivity index (χ1) is 13.2. The number of rotatable bonds is 7. The molecule has 0 radical (unpaired) electrons. The predicted molar refractivity (Wildman–Crippen MR) is 103 cm³/mol. The monoisotopic (exact) mass is 368 g/mol. The summed E-state index contributed by atoms with van der Waals surface area (Å²) in [6, 6.07) is 9.74. The highest BCUT2D eigenvalue weighted by molar-refractivity contribution is 5.94. The van der Waals surface area contributed by atoms with Crippen molar-refractivity contribution >= 4 is 18.0 Å². The maximum atomic E-state index is 12.7. The average molecular weight is 368 g/mol. The molecule has 0 atom stereocenters. The molecule has 142 valence electrons. The van der Waals surface area contributed by atoms with Gasteiger partial charge in [-0.05, 0) is 24.1 Å². The number of aromatic nitrogens is 1. The summed E-state index contributed by atoms with van der Waals surface area (Å²) in [7, 11) is 1.67. The van der Waals surface area contributed by atoms with Crippen LogP contribution in [0.15, 0.2) is 42.7 Å². The number of carbonyl (C=O) groups is 2. The van der Waals surface area contributed by atoms with Crippen molar-refractivity contribution in [2.45, 2.75) is 6.42 Å². The second kappa shape index (κ2) is 9.02. The average Bonchev–Trinajstić information content (AvgIpc) is 2.74. The molecule has 0 unspecified atom stereocenters. The molecule has 0 saturated carbocycles. The zero-order chi connectivity index (χ0) is 19.1. The number of methoxy groups -OCH3 is 1. The van der Waals surface area contributed by atoms with Crippen molar-refractivity contribution in [3.05, 3.63) is 53.9 Å². The van der Waals surface area contributed by atoms with Crippen LogP contribution >= 0.6 is 0 Å². The Morgan fingerprint density at radius 3 is 2.74 bits per heavy atom. The second-order valence-corrected chi connectivity index (χ2v) is 6.38. The van der Waals surface area contributed by atoms with E-state index in [0.29, 0.717) is 38.3 Å². The SMILES string of the molecule is COc1ccccc1CCNc1cncc(C(=O)N2CCN(C=O)CC2)c1. The molecule has 0 aliphatic carbocycles. The normalized spacial score (nSPS) is 14.0. The Bertz CT molecular complexity index is 788. The standard InChI is InChI=1S/C20H24N4O3/c1-27-19-5-3-2-4-16(19)6-7-22-18-12-17(13-21-14-18)20(26)24-10-8-23(15-25)9-11-24/h2-5,12-15,22H,6-11H2,1H3. The third-order valence-corrected chi connectivity index (χ3v) is 4.65. The van der Waals surface area contributed by atoms with E-state index in [9.17, 15) is 9.59 Å². The van der Waals surface area contributed by atoms with Crippen LogP contribution in [-0.4, -0.2) is 66.9 Å². The molecule has 27 heavy (non-hydrogen) atoms.